The molecule has 2 N–H and O–H groups in total. The van der Waals surface area contributed by atoms with Gasteiger partial charge >= 0.3 is 0 Å². The number of aromatic nitrogens is 3. The summed E-state index contributed by atoms with van der Waals surface area (Å²) in [5.74, 6) is 0.955. The minimum Gasteiger partial charge on any atom is -0.368 e. The van der Waals surface area contributed by atoms with Crippen molar-refractivity contribution in [1.82, 2.24) is 20.3 Å². The second-order valence-electron chi connectivity index (χ2n) is 4.34. The number of nitrogens with one attached hydrogen (secondary N) is 2. The highest BCUT2D eigenvalue weighted by molar-refractivity contribution is 6.28. The molecule has 1 aliphatic heterocycles. The molecule has 1 unspecified atom stereocenters. The van der Waals surface area contributed by atoms with Crippen molar-refractivity contribution in [3.63, 3.8) is 0 Å². The number of nitrogens with zero attached hydrogens (tertiary/aromatic N) is 3. The van der Waals surface area contributed by atoms with Crippen LogP contribution in [0.4, 0.5) is 11.6 Å². The molecule has 0 amide bonds. The van der Waals surface area contributed by atoms with Gasteiger partial charge in [-0.2, -0.15) is 15.0 Å². The van der Waals surface area contributed by atoms with E-state index in [0.29, 0.717) is 24.9 Å². The highest BCUT2D eigenvalue weighted by Gasteiger charge is 2.20. The molecule has 7 heteroatoms. The SMILES string of the molecule is Clc1nc(Nc2ccccc2)nc(C2CNCCO2)n1. The second kappa shape index (κ2) is 6.13. The Hall–Kier alpha value is -1.76. The Balaban J connectivity index is 1.82. The molecule has 6 nitrogen and oxygen atoms in total. The first-order chi connectivity index (χ1) is 9.81. The molecule has 1 fully saturated rings. The summed E-state index contributed by atoms with van der Waals surface area (Å²) in [6, 6.07) is 9.66. The van der Waals surface area contributed by atoms with E-state index in [1.807, 2.05) is 30.3 Å². The molecule has 0 bridgehead atoms. The van der Waals surface area contributed by atoms with Crippen molar-refractivity contribution in [2.45, 2.75) is 6.10 Å². The quantitative estimate of drug-likeness (QED) is 0.900. The van der Waals surface area contributed by atoms with Gasteiger partial charge < -0.3 is 15.4 Å². The zero-order valence-electron chi connectivity index (χ0n) is 10.7. The molecule has 3 rings (SSSR count). The van der Waals surface area contributed by atoms with Gasteiger partial charge in [0.2, 0.25) is 11.2 Å². The predicted molar refractivity (Wildman–Crippen MR) is 76.1 cm³/mol. The molecule has 2 aromatic rings. The number of rotatable bonds is 3. The van der Waals surface area contributed by atoms with Gasteiger partial charge in [0, 0.05) is 18.8 Å². The fraction of sp³-hybridized carbons (Fsp3) is 0.308. The average Bonchev–Trinajstić information content (AvgIpc) is 2.49. The number of morpholine rings is 1. The summed E-state index contributed by atoms with van der Waals surface area (Å²) < 4.78 is 5.62. The highest BCUT2D eigenvalue weighted by Crippen LogP contribution is 2.19. The van der Waals surface area contributed by atoms with E-state index < -0.39 is 0 Å². The smallest absolute Gasteiger partial charge is 0.231 e. The average molecular weight is 292 g/mol. The fourth-order valence-electron chi connectivity index (χ4n) is 1.95. The zero-order chi connectivity index (χ0) is 13.8. The summed E-state index contributed by atoms with van der Waals surface area (Å²) in [5, 5.41) is 6.49. The molecule has 1 atom stereocenters. The monoisotopic (exact) mass is 291 g/mol. The summed E-state index contributed by atoms with van der Waals surface area (Å²) >= 11 is 5.96. The van der Waals surface area contributed by atoms with Crippen LogP contribution >= 0.6 is 11.6 Å². The second-order valence-corrected chi connectivity index (χ2v) is 4.68. The summed E-state index contributed by atoms with van der Waals surface area (Å²) in [6.45, 7) is 2.14. The first-order valence-corrected chi connectivity index (χ1v) is 6.75. The van der Waals surface area contributed by atoms with Gasteiger partial charge in [0.1, 0.15) is 6.10 Å². The van der Waals surface area contributed by atoms with Crippen LogP contribution in [0.5, 0.6) is 0 Å². The molecule has 1 aliphatic rings. The van der Waals surface area contributed by atoms with Crippen LogP contribution in [0.2, 0.25) is 5.28 Å². The van der Waals surface area contributed by atoms with E-state index in [2.05, 4.69) is 25.6 Å². The van der Waals surface area contributed by atoms with Gasteiger partial charge in [-0.15, -0.1) is 0 Å². The minimum absolute atomic E-state index is 0.155. The number of benzene rings is 1. The van der Waals surface area contributed by atoms with Gasteiger partial charge in [-0.3, -0.25) is 0 Å². The molecule has 1 aromatic carbocycles. The van der Waals surface area contributed by atoms with Crippen LogP contribution in [0.3, 0.4) is 0 Å². The molecule has 20 heavy (non-hydrogen) atoms. The van der Waals surface area contributed by atoms with Crippen molar-refractivity contribution in [2.75, 3.05) is 25.0 Å². The van der Waals surface area contributed by atoms with E-state index in [9.17, 15) is 0 Å². The van der Waals surface area contributed by atoms with Crippen LogP contribution in [0.15, 0.2) is 30.3 Å². The molecular weight excluding hydrogens is 278 g/mol. The van der Waals surface area contributed by atoms with Crippen LogP contribution in [-0.4, -0.2) is 34.6 Å². The summed E-state index contributed by atoms with van der Waals surface area (Å²) in [4.78, 5) is 12.6. The van der Waals surface area contributed by atoms with Crippen molar-refractivity contribution < 1.29 is 4.74 Å². The first-order valence-electron chi connectivity index (χ1n) is 6.37. The molecular formula is C13H14ClN5O. The Labute approximate surface area is 121 Å². The topological polar surface area (TPSA) is 72.0 Å². The molecule has 0 spiro atoms. The number of anilines is 2. The van der Waals surface area contributed by atoms with Gasteiger partial charge in [0.15, 0.2) is 5.82 Å². The van der Waals surface area contributed by atoms with Crippen LogP contribution in [0, 0.1) is 0 Å². The maximum Gasteiger partial charge on any atom is 0.231 e. The number of hydrogen-bond donors (Lipinski definition) is 2. The van der Waals surface area contributed by atoms with E-state index in [1.54, 1.807) is 0 Å². The van der Waals surface area contributed by atoms with Crippen LogP contribution in [-0.2, 0) is 4.74 Å². The van der Waals surface area contributed by atoms with E-state index in [4.69, 9.17) is 16.3 Å². The van der Waals surface area contributed by atoms with Crippen molar-refractivity contribution >= 4 is 23.2 Å². The fourth-order valence-corrected chi connectivity index (χ4v) is 2.11. The third-order valence-electron chi connectivity index (χ3n) is 2.87. The number of para-hydroxylation sites is 1. The first kappa shape index (κ1) is 13.2. The molecule has 1 aromatic heterocycles. The van der Waals surface area contributed by atoms with Crippen molar-refractivity contribution in [3.8, 4) is 0 Å². The maximum atomic E-state index is 5.96. The summed E-state index contributed by atoms with van der Waals surface area (Å²) in [6.07, 6.45) is -0.194. The highest BCUT2D eigenvalue weighted by atomic mass is 35.5. The van der Waals surface area contributed by atoms with Crippen molar-refractivity contribution in [1.29, 1.82) is 0 Å². The Bertz CT molecular complexity index is 574. The molecule has 1 saturated heterocycles. The third-order valence-corrected chi connectivity index (χ3v) is 3.04. The summed E-state index contributed by atoms with van der Waals surface area (Å²) in [5.41, 5.74) is 0.892. The molecule has 0 radical (unpaired) electrons. The standard InChI is InChI=1S/C13H14ClN5O/c14-12-17-11(10-8-15-6-7-20-10)18-13(19-12)16-9-4-2-1-3-5-9/h1-5,10,15H,6-8H2,(H,16,17,18,19). The minimum atomic E-state index is -0.194. The lowest BCUT2D eigenvalue weighted by molar-refractivity contribution is 0.0221. The van der Waals surface area contributed by atoms with E-state index in [1.165, 1.54) is 0 Å². The number of ether oxygens (including phenoxy) is 1. The van der Waals surface area contributed by atoms with Gasteiger partial charge in [-0.05, 0) is 23.7 Å². The zero-order valence-corrected chi connectivity index (χ0v) is 11.5. The lowest BCUT2D eigenvalue weighted by atomic mass is 10.3. The molecule has 0 saturated carbocycles. The normalized spacial score (nSPS) is 18.8. The Kier molecular flexibility index (Phi) is 4.05. The van der Waals surface area contributed by atoms with Gasteiger partial charge in [0.25, 0.3) is 0 Å². The van der Waals surface area contributed by atoms with Gasteiger partial charge in [0.05, 0.1) is 6.61 Å². The van der Waals surface area contributed by atoms with Gasteiger partial charge in [-0.1, -0.05) is 18.2 Å². The maximum absolute atomic E-state index is 5.96. The third kappa shape index (κ3) is 3.22. The van der Waals surface area contributed by atoms with E-state index >= 15 is 0 Å². The summed E-state index contributed by atoms with van der Waals surface area (Å²) in [7, 11) is 0. The Morgan fingerprint density at radius 3 is 2.80 bits per heavy atom. The molecule has 2 heterocycles. The Morgan fingerprint density at radius 1 is 1.20 bits per heavy atom. The van der Waals surface area contributed by atoms with E-state index in [-0.39, 0.29) is 11.4 Å². The number of halogens is 1. The lowest BCUT2D eigenvalue weighted by Gasteiger charge is -2.22. The van der Waals surface area contributed by atoms with E-state index in [0.717, 1.165) is 12.2 Å². The van der Waals surface area contributed by atoms with Crippen molar-refractivity contribution in [2.24, 2.45) is 0 Å². The predicted octanol–water partition coefficient (Wildman–Crippen LogP) is 1.93. The lowest BCUT2D eigenvalue weighted by Crippen LogP contribution is -2.34. The molecule has 104 valence electrons. The number of hydrogen-bond acceptors (Lipinski definition) is 6. The largest absolute Gasteiger partial charge is 0.368 e. The molecule has 0 aliphatic carbocycles. The van der Waals surface area contributed by atoms with Crippen LogP contribution in [0.25, 0.3) is 0 Å². The van der Waals surface area contributed by atoms with Gasteiger partial charge in [-0.25, -0.2) is 0 Å². The Morgan fingerprint density at radius 2 is 2.05 bits per heavy atom. The van der Waals surface area contributed by atoms with Crippen LogP contribution in [0.1, 0.15) is 11.9 Å². The van der Waals surface area contributed by atoms with Crippen LogP contribution < -0.4 is 10.6 Å². The van der Waals surface area contributed by atoms with Crippen molar-refractivity contribution in [3.05, 3.63) is 41.4 Å².